The summed E-state index contributed by atoms with van der Waals surface area (Å²) < 4.78 is 20.8. The number of fused-ring (bicyclic) bond motifs is 1. The van der Waals surface area contributed by atoms with Gasteiger partial charge in [-0.1, -0.05) is 19.1 Å². The number of furan rings is 1. The third-order valence-corrected chi connectivity index (χ3v) is 5.65. The molecule has 1 saturated heterocycles. The van der Waals surface area contributed by atoms with Crippen LogP contribution in [0.1, 0.15) is 35.0 Å². The Bertz CT molecular complexity index is 1130. The van der Waals surface area contributed by atoms with Crippen molar-refractivity contribution < 1.29 is 13.6 Å². The summed E-state index contributed by atoms with van der Waals surface area (Å²) in [5.41, 5.74) is 1.12. The number of amides is 1. The third-order valence-electron chi connectivity index (χ3n) is 5.65. The Hall–Kier alpha value is -2.93. The molecule has 0 unspecified atom stereocenters. The van der Waals surface area contributed by atoms with Crippen molar-refractivity contribution in [3.05, 3.63) is 69.6 Å². The molecule has 6 nitrogen and oxygen atoms in total. The third kappa shape index (κ3) is 3.89. The second kappa shape index (κ2) is 8.44. The lowest BCUT2D eigenvalue weighted by Crippen LogP contribution is -2.49. The minimum absolute atomic E-state index is 0.164. The van der Waals surface area contributed by atoms with E-state index in [1.54, 1.807) is 36.2 Å². The Labute approximate surface area is 174 Å². The fourth-order valence-electron chi connectivity index (χ4n) is 4.13. The second-order valence-electron chi connectivity index (χ2n) is 7.79. The summed E-state index contributed by atoms with van der Waals surface area (Å²) in [6.45, 7) is 8.05. The van der Waals surface area contributed by atoms with E-state index in [4.69, 9.17) is 4.42 Å². The zero-order valence-corrected chi connectivity index (χ0v) is 17.4. The van der Waals surface area contributed by atoms with Crippen LogP contribution >= 0.6 is 0 Å². The minimum atomic E-state index is -0.348. The molecule has 0 radical (unpaired) electrons. The van der Waals surface area contributed by atoms with Gasteiger partial charge in [0.15, 0.2) is 0 Å². The number of nitrogens with zero attached hydrogens (tertiary/aromatic N) is 3. The number of rotatable bonds is 5. The predicted octanol–water partition coefficient (Wildman–Crippen LogP) is 3.26. The monoisotopic (exact) mass is 411 g/mol. The number of hydrogen-bond acceptors (Lipinski definition) is 4. The van der Waals surface area contributed by atoms with Crippen LogP contribution in [0.15, 0.2) is 45.7 Å². The molecule has 4 rings (SSSR count). The van der Waals surface area contributed by atoms with Gasteiger partial charge in [-0.05, 0) is 43.7 Å². The van der Waals surface area contributed by atoms with Crippen LogP contribution in [0.4, 0.5) is 4.39 Å². The average Bonchev–Trinajstić information content (AvgIpc) is 3.07. The molecule has 7 heteroatoms. The first-order valence-electron chi connectivity index (χ1n) is 10.4. The molecule has 1 aromatic carbocycles. The standard InChI is InChI=1S/C23H26FN3O3/c1-3-8-25-10-12-26(13-11-25)22(28)20-16(2)30-19-7-9-27(23(29)21(19)20)15-17-5-4-6-18(24)14-17/h4-7,9,14H,3,8,10-13,15H2,1-2H3. The van der Waals surface area contributed by atoms with Crippen molar-refractivity contribution in [2.45, 2.75) is 26.8 Å². The zero-order chi connectivity index (χ0) is 21.3. The number of aromatic nitrogens is 1. The summed E-state index contributed by atoms with van der Waals surface area (Å²) in [6.07, 6.45) is 2.71. The maximum atomic E-state index is 13.5. The lowest BCUT2D eigenvalue weighted by molar-refractivity contribution is 0.0637. The first kappa shape index (κ1) is 20.3. The van der Waals surface area contributed by atoms with E-state index in [1.807, 2.05) is 0 Å². The summed E-state index contributed by atoms with van der Waals surface area (Å²) >= 11 is 0. The lowest BCUT2D eigenvalue weighted by atomic mass is 10.1. The molecule has 0 N–H and O–H groups in total. The van der Waals surface area contributed by atoms with Gasteiger partial charge in [-0.25, -0.2) is 4.39 Å². The van der Waals surface area contributed by atoms with E-state index < -0.39 is 0 Å². The predicted molar refractivity (Wildman–Crippen MR) is 113 cm³/mol. The zero-order valence-electron chi connectivity index (χ0n) is 17.4. The van der Waals surface area contributed by atoms with Crippen LogP contribution in [0, 0.1) is 12.7 Å². The topological polar surface area (TPSA) is 58.7 Å². The molecule has 0 spiro atoms. The molecule has 2 aromatic heterocycles. The van der Waals surface area contributed by atoms with Crippen LogP contribution in [-0.4, -0.2) is 53.0 Å². The summed E-state index contributed by atoms with van der Waals surface area (Å²) in [5.74, 6) is -0.0616. The Morgan fingerprint density at radius 3 is 2.63 bits per heavy atom. The fraction of sp³-hybridized carbons (Fsp3) is 0.391. The number of piperazine rings is 1. The quantitative estimate of drug-likeness (QED) is 0.647. The highest BCUT2D eigenvalue weighted by atomic mass is 19.1. The summed E-state index contributed by atoms with van der Waals surface area (Å²) in [5, 5.41) is 0.299. The molecule has 1 aliphatic rings. The van der Waals surface area contributed by atoms with Crippen LogP contribution in [0.2, 0.25) is 0 Å². The number of halogens is 1. The maximum absolute atomic E-state index is 13.5. The highest BCUT2D eigenvalue weighted by Gasteiger charge is 2.28. The van der Waals surface area contributed by atoms with E-state index in [9.17, 15) is 14.0 Å². The van der Waals surface area contributed by atoms with E-state index in [1.165, 1.54) is 16.7 Å². The molecule has 30 heavy (non-hydrogen) atoms. The molecule has 1 amide bonds. The van der Waals surface area contributed by atoms with Gasteiger partial charge >= 0.3 is 0 Å². The molecule has 0 saturated carbocycles. The van der Waals surface area contributed by atoms with Gasteiger partial charge in [-0.15, -0.1) is 0 Å². The van der Waals surface area contributed by atoms with E-state index in [0.717, 1.165) is 26.1 Å². The lowest BCUT2D eigenvalue weighted by Gasteiger charge is -2.34. The molecule has 1 fully saturated rings. The number of aryl methyl sites for hydroxylation is 1. The first-order chi connectivity index (χ1) is 14.5. The summed E-state index contributed by atoms with van der Waals surface area (Å²) in [4.78, 5) is 30.6. The maximum Gasteiger partial charge on any atom is 0.262 e. The average molecular weight is 411 g/mol. The molecule has 0 aliphatic carbocycles. The van der Waals surface area contributed by atoms with Crippen molar-refractivity contribution in [2.75, 3.05) is 32.7 Å². The molecular weight excluding hydrogens is 385 g/mol. The smallest absolute Gasteiger partial charge is 0.262 e. The number of hydrogen-bond donors (Lipinski definition) is 0. The van der Waals surface area contributed by atoms with Gasteiger partial charge in [0.1, 0.15) is 17.2 Å². The van der Waals surface area contributed by atoms with Crippen LogP contribution in [0.3, 0.4) is 0 Å². The van der Waals surface area contributed by atoms with Gasteiger partial charge < -0.3 is 13.9 Å². The van der Waals surface area contributed by atoms with E-state index in [0.29, 0.717) is 40.9 Å². The van der Waals surface area contributed by atoms with Gasteiger partial charge in [0.05, 0.1) is 17.5 Å². The summed E-state index contributed by atoms with van der Waals surface area (Å²) in [7, 11) is 0. The SMILES string of the molecule is CCCN1CCN(C(=O)c2c(C)oc3ccn(Cc4cccc(F)c4)c(=O)c23)CC1. The van der Waals surface area contributed by atoms with Crippen molar-refractivity contribution in [2.24, 2.45) is 0 Å². The van der Waals surface area contributed by atoms with Crippen molar-refractivity contribution in [1.29, 1.82) is 0 Å². The fourth-order valence-corrected chi connectivity index (χ4v) is 4.13. The van der Waals surface area contributed by atoms with E-state index in [-0.39, 0.29) is 23.8 Å². The van der Waals surface area contributed by atoms with Gasteiger partial charge in [0.25, 0.3) is 11.5 Å². The van der Waals surface area contributed by atoms with Crippen molar-refractivity contribution in [3.8, 4) is 0 Å². The molecule has 3 heterocycles. The van der Waals surface area contributed by atoms with Gasteiger partial charge in [0.2, 0.25) is 0 Å². The van der Waals surface area contributed by atoms with Gasteiger partial charge in [-0.2, -0.15) is 0 Å². The molecule has 0 bridgehead atoms. The Morgan fingerprint density at radius 1 is 1.17 bits per heavy atom. The Morgan fingerprint density at radius 2 is 1.93 bits per heavy atom. The van der Waals surface area contributed by atoms with Crippen LogP contribution < -0.4 is 5.56 Å². The van der Waals surface area contributed by atoms with Crippen molar-refractivity contribution >= 4 is 16.9 Å². The molecule has 1 aliphatic heterocycles. The van der Waals surface area contributed by atoms with Crippen LogP contribution in [0.5, 0.6) is 0 Å². The minimum Gasteiger partial charge on any atom is -0.460 e. The van der Waals surface area contributed by atoms with E-state index >= 15 is 0 Å². The molecule has 0 atom stereocenters. The van der Waals surface area contributed by atoms with Crippen molar-refractivity contribution in [3.63, 3.8) is 0 Å². The van der Waals surface area contributed by atoms with E-state index in [2.05, 4.69) is 11.8 Å². The Kier molecular flexibility index (Phi) is 5.72. The highest BCUT2D eigenvalue weighted by Crippen LogP contribution is 2.25. The second-order valence-corrected chi connectivity index (χ2v) is 7.79. The number of benzene rings is 1. The number of carbonyl (C=O) groups is 1. The largest absolute Gasteiger partial charge is 0.460 e. The first-order valence-corrected chi connectivity index (χ1v) is 10.4. The van der Waals surface area contributed by atoms with Crippen LogP contribution in [0.25, 0.3) is 11.0 Å². The van der Waals surface area contributed by atoms with Gasteiger partial charge in [0, 0.05) is 32.4 Å². The normalized spacial score (nSPS) is 15.1. The van der Waals surface area contributed by atoms with Crippen LogP contribution in [-0.2, 0) is 6.54 Å². The molecule has 158 valence electrons. The van der Waals surface area contributed by atoms with Gasteiger partial charge in [-0.3, -0.25) is 14.5 Å². The molecule has 3 aromatic rings. The summed E-state index contributed by atoms with van der Waals surface area (Å²) in [6, 6.07) is 7.84. The Balaban J connectivity index is 1.66. The highest BCUT2D eigenvalue weighted by molar-refractivity contribution is 6.06. The number of carbonyl (C=O) groups excluding carboxylic acids is 1. The van der Waals surface area contributed by atoms with Crippen molar-refractivity contribution in [1.82, 2.24) is 14.4 Å². The number of pyridine rings is 1. The molecular formula is C23H26FN3O3.